The molecule has 0 aliphatic carbocycles. The molecule has 0 aliphatic heterocycles. The van der Waals surface area contributed by atoms with Gasteiger partial charge in [-0.15, -0.1) is 0 Å². The molecule has 0 radical (unpaired) electrons. The average Bonchev–Trinajstić information content (AvgIpc) is 2.50. The highest BCUT2D eigenvalue weighted by atomic mass is 19.4. The monoisotopic (exact) mass is 396 g/mol. The highest BCUT2D eigenvalue weighted by Crippen LogP contribution is 2.36. The van der Waals surface area contributed by atoms with Crippen LogP contribution in [0.4, 0.5) is 44.1 Å². The Labute approximate surface area is 149 Å². The first-order chi connectivity index (χ1) is 12.4. The number of nitrogens with zero attached hydrogens (tertiary/aromatic N) is 4. The summed E-state index contributed by atoms with van der Waals surface area (Å²) in [6, 6.07) is 3.30. The van der Waals surface area contributed by atoms with Crippen LogP contribution in [-0.2, 0) is 0 Å². The Morgan fingerprint density at radius 1 is 0.926 bits per heavy atom. The predicted molar refractivity (Wildman–Crippen MR) is 82.6 cm³/mol. The second kappa shape index (κ2) is 7.80. The predicted octanol–water partition coefficient (Wildman–Crippen LogP) is 3.70. The molecule has 2 aromatic heterocycles. The van der Waals surface area contributed by atoms with Gasteiger partial charge in [0.15, 0.2) is 0 Å². The molecule has 27 heavy (non-hydrogen) atoms. The van der Waals surface area contributed by atoms with Crippen molar-refractivity contribution in [3.63, 3.8) is 0 Å². The maximum Gasteiger partial charge on any atom is 0.434 e. The number of halogens is 6. The normalized spacial score (nSPS) is 12.4. The van der Waals surface area contributed by atoms with E-state index in [4.69, 9.17) is 0 Å². The quantitative estimate of drug-likeness (QED) is 0.720. The number of nitrogens with one attached hydrogen (secondary N) is 2. The summed E-state index contributed by atoms with van der Waals surface area (Å²) in [7, 11) is 0. The standard InChI is InChI=1S/C14H14F6N6O/c1-7(2)22-10-24-11(23-8-5-3-4-6-21-8)26-12(25-10)27-9(13(15,16)17)14(18,19)20/h3-7,9H,1-2H3,(H2,21,22,23,24,25,26). The molecular formula is C14H14F6N6O. The minimum absolute atomic E-state index is 0.216. The lowest BCUT2D eigenvalue weighted by Crippen LogP contribution is -2.47. The zero-order chi connectivity index (χ0) is 20.2. The number of hydrogen-bond donors (Lipinski definition) is 2. The summed E-state index contributed by atoms with van der Waals surface area (Å²) in [4.78, 5) is 14.7. The molecule has 13 heteroatoms. The maximum atomic E-state index is 12.7. The molecule has 0 amide bonds. The lowest BCUT2D eigenvalue weighted by molar-refractivity contribution is -0.301. The van der Waals surface area contributed by atoms with E-state index in [0.29, 0.717) is 0 Å². The van der Waals surface area contributed by atoms with Crippen molar-refractivity contribution in [2.24, 2.45) is 0 Å². The van der Waals surface area contributed by atoms with Crippen LogP contribution >= 0.6 is 0 Å². The molecule has 0 unspecified atom stereocenters. The fourth-order valence-electron chi connectivity index (χ4n) is 1.76. The van der Waals surface area contributed by atoms with Crippen molar-refractivity contribution < 1.29 is 31.1 Å². The van der Waals surface area contributed by atoms with Gasteiger partial charge in [-0.25, -0.2) is 4.98 Å². The van der Waals surface area contributed by atoms with Crippen molar-refractivity contribution >= 4 is 17.7 Å². The molecule has 2 heterocycles. The van der Waals surface area contributed by atoms with Crippen LogP contribution in [0.25, 0.3) is 0 Å². The van der Waals surface area contributed by atoms with Crippen LogP contribution in [0.2, 0.25) is 0 Å². The summed E-state index contributed by atoms with van der Waals surface area (Å²) in [6.45, 7) is 3.34. The first-order valence-corrected chi connectivity index (χ1v) is 7.46. The lowest BCUT2D eigenvalue weighted by atomic mass is 10.3. The van der Waals surface area contributed by atoms with Crippen molar-refractivity contribution in [1.29, 1.82) is 0 Å². The van der Waals surface area contributed by atoms with Crippen LogP contribution in [-0.4, -0.2) is 44.4 Å². The Morgan fingerprint density at radius 2 is 1.56 bits per heavy atom. The van der Waals surface area contributed by atoms with Gasteiger partial charge in [0.25, 0.3) is 6.10 Å². The van der Waals surface area contributed by atoms with E-state index in [1.165, 1.54) is 12.3 Å². The van der Waals surface area contributed by atoms with Crippen LogP contribution in [0.5, 0.6) is 6.01 Å². The highest BCUT2D eigenvalue weighted by molar-refractivity contribution is 5.49. The molecule has 0 saturated heterocycles. The van der Waals surface area contributed by atoms with E-state index >= 15 is 0 Å². The number of ether oxygens (including phenoxy) is 1. The SMILES string of the molecule is CC(C)Nc1nc(Nc2ccccn2)nc(OC(C(F)(F)F)C(F)(F)F)n1. The minimum Gasteiger partial charge on any atom is -0.440 e. The fraction of sp³-hybridized carbons (Fsp3) is 0.429. The first-order valence-electron chi connectivity index (χ1n) is 7.46. The number of anilines is 3. The Hall–Kier alpha value is -2.86. The summed E-state index contributed by atoms with van der Waals surface area (Å²) in [5.41, 5.74) is 0. The molecule has 0 fully saturated rings. The largest absolute Gasteiger partial charge is 0.440 e. The second-order valence-corrected chi connectivity index (χ2v) is 5.49. The molecule has 2 aromatic rings. The third-order valence-electron chi connectivity index (χ3n) is 2.76. The van der Waals surface area contributed by atoms with E-state index in [-0.39, 0.29) is 23.8 Å². The summed E-state index contributed by atoms with van der Waals surface area (Å²) >= 11 is 0. The number of pyridine rings is 1. The maximum absolute atomic E-state index is 12.7. The summed E-state index contributed by atoms with van der Waals surface area (Å²) in [5, 5.41) is 5.21. The van der Waals surface area contributed by atoms with Crippen LogP contribution in [0, 0.1) is 0 Å². The van der Waals surface area contributed by atoms with Gasteiger partial charge in [0.05, 0.1) is 0 Å². The Kier molecular flexibility index (Phi) is 5.91. The van der Waals surface area contributed by atoms with E-state index in [9.17, 15) is 26.3 Å². The second-order valence-electron chi connectivity index (χ2n) is 5.49. The fourth-order valence-corrected chi connectivity index (χ4v) is 1.76. The van der Waals surface area contributed by atoms with Crippen LogP contribution in [0.15, 0.2) is 24.4 Å². The Morgan fingerprint density at radius 3 is 2.07 bits per heavy atom. The molecule has 7 nitrogen and oxygen atoms in total. The van der Waals surface area contributed by atoms with Gasteiger partial charge in [-0.1, -0.05) is 6.07 Å². The van der Waals surface area contributed by atoms with Crippen LogP contribution < -0.4 is 15.4 Å². The number of aromatic nitrogens is 4. The van der Waals surface area contributed by atoms with E-state index in [1.54, 1.807) is 26.0 Å². The molecule has 0 bridgehead atoms. The highest BCUT2D eigenvalue weighted by Gasteiger charge is 2.59. The lowest BCUT2D eigenvalue weighted by Gasteiger charge is -2.23. The average molecular weight is 396 g/mol. The topological polar surface area (TPSA) is 84.9 Å². The van der Waals surface area contributed by atoms with Crippen LogP contribution in [0.1, 0.15) is 13.8 Å². The van der Waals surface area contributed by atoms with Crippen molar-refractivity contribution in [3.8, 4) is 6.01 Å². The molecular weight excluding hydrogens is 382 g/mol. The van der Waals surface area contributed by atoms with Crippen molar-refractivity contribution in [2.45, 2.75) is 38.3 Å². The molecule has 148 valence electrons. The Balaban J connectivity index is 2.37. The third-order valence-corrected chi connectivity index (χ3v) is 2.76. The molecule has 0 atom stereocenters. The number of hydrogen-bond acceptors (Lipinski definition) is 7. The van der Waals surface area contributed by atoms with Gasteiger partial charge in [0.2, 0.25) is 11.9 Å². The summed E-state index contributed by atoms with van der Waals surface area (Å²) in [5.74, 6) is -0.394. The van der Waals surface area contributed by atoms with E-state index in [0.717, 1.165) is 0 Å². The van der Waals surface area contributed by atoms with Crippen molar-refractivity contribution in [2.75, 3.05) is 10.6 Å². The van der Waals surface area contributed by atoms with E-state index < -0.39 is 24.5 Å². The van der Waals surface area contributed by atoms with E-state index in [1.807, 2.05) is 0 Å². The molecule has 2 N–H and O–H groups in total. The summed E-state index contributed by atoms with van der Waals surface area (Å²) in [6.07, 6.45) is -14.1. The zero-order valence-electron chi connectivity index (χ0n) is 13.9. The van der Waals surface area contributed by atoms with Crippen molar-refractivity contribution in [1.82, 2.24) is 19.9 Å². The number of rotatable bonds is 6. The van der Waals surface area contributed by atoms with Gasteiger partial charge < -0.3 is 15.4 Å². The van der Waals surface area contributed by atoms with Gasteiger partial charge in [-0.2, -0.15) is 41.3 Å². The molecule has 0 spiro atoms. The third kappa shape index (κ3) is 6.11. The van der Waals surface area contributed by atoms with Gasteiger partial charge in [-0.05, 0) is 26.0 Å². The molecule has 2 rings (SSSR count). The van der Waals surface area contributed by atoms with Gasteiger partial charge in [0, 0.05) is 12.2 Å². The molecule has 0 aliphatic rings. The molecule has 0 aromatic carbocycles. The van der Waals surface area contributed by atoms with Gasteiger partial charge in [-0.3, -0.25) is 0 Å². The first kappa shape index (κ1) is 20.5. The Bertz CT molecular complexity index is 738. The van der Waals surface area contributed by atoms with Crippen LogP contribution in [0.3, 0.4) is 0 Å². The summed E-state index contributed by atoms with van der Waals surface area (Å²) < 4.78 is 80.2. The smallest absolute Gasteiger partial charge is 0.434 e. The number of alkyl halides is 6. The molecule has 0 saturated carbocycles. The van der Waals surface area contributed by atoms with Crippen molar-refractivity contribution in [3.05, 3.63) is 24.4 Å². The zero-order valence-corrected chi connectivity index (χ0v) is 13.9. The minimum atomic E-state index is -5.70. The van der Waals surface area contributed by atoms with Gasteiger partial charge >= 0.3 is 18.4 Å². The van der Waals surface area contributed by atoms with E-state index in [2.05, 4.69) is 35.3 Å². The van der Waals surface area contributed by atoms with Gasteiger partial charge in [0.1, 0.15) is 5.82 Å².